The van der Waals surface area contributed by atoms with Gasteiger partial charge in [0.2, 0.25) is 5.91 Å². The number of halogens is 1. The molecule has 158 valence electrons. The highest BCUT2D eigenvalue weighted by Crippen LogP contribution is 2.19. The number of carboxylic acid groups (broad SMARTS) is 1. The van der Waals surface area contributed by atoms with Crippen LogP contribution >= 0.6 is 12.4 Å². The van der Waals surface area contributed by atoms with E-state index < -0.39 is 5.97 Å². The predicted octanol–water partition coefficient (Wildman–Crippen LogP) is 2.94. The zero-order valence-corrected chi connectivity index (χ0v) is 17.8. The third-order valence-electron chi connectivity index (χ3n) is 5.28. The van der Waals surface area contributed by atoms with E-state index in [1.807, 2.05) is 30.1 Å². The number of carbonyl (C=O) groups excluding carboxylic acids is 1. The molecule has 2 rings (SSSR count). The second-order valence-electron chi connectivity index (χ2n) is 7.49. The molecule has 1 heterocycles. The standard InChI is InChI=1S/C21H33N3O3.ClH/c1-3-8-19(17-9-5-4-6-10-17)22-20(25)15-24-13-7-11-18(12-14-24)23(2)16-21(26)27;/h4-6,9-10,18-19H,3,7-8,11-16H2,1-2H3,(H,22,25)(H,26,27);1H. The van der Waals surface area contributed by atoms with E-state index in [2.05, 4.69) is 29.3 Å². The summed E-state index contributed by atoms with van der Waals surface area (Å²) in [6.07, 6.45) is 4.80. The van der Waals surface area contributed by atoms with Crippen LogP contribution in [-0.4, -0.2) is 66.1 Å². The van der Waals surface area contributed by atoms with Gasteiger partial charge in [-0.25, -0.2) is 0 Å². The zero-order valence-electron chi connectivity index (χ0n) is 17.0. The molecule has 2 N–H and O–H groups in total. The van der Waals surface area contributed by atoms with E-state index in [1.54, 1.807) is 0 Å². The number of nitrogens with zero attached hydrogens (tertiary/aromatic N) is 2. The molecule has 28 heavy (non-hydrogen) atoms. The van der Waals surface area contributed by atoms with Gasteiger partial charge in [-0.3, -0.25) is 19.4 Å². The van der Waals surface area contributed by atoms with Gasteiger partial charge < -0.3 is 10.4 Å². The van der Waals surface area contributed by atoms with Gasteiger partial charge in [0.05, 0.1) is 19.1 Å². The second-order valence-corrected chi connectivity index (χ2v) is 7.49. The lowest BCUT2D eigenvalue weighted by Gasteiger charge is -2.26. The quantitative estimate of drug-likeness (QED) is 0.653. The van der Waals surface area contributed by atoms with Crippen molar-refractivity contribution in [1.29, 1.82) is 0 Å². The van der Waals surface area contributed by atoms with Crippen molar-refractivity contribution >= 4 is 24.3 Å². The molecule has 6 nitrogen and oxygen atoms in total. The molecule has 0 radical (unpaired) electrons. The van der Waals surface area contributed by atoms with Crippen LogP contribution in [0.15, 0.2) is 30.3 Å². The van der Waals surface area contributed by atoms with E-state index in [-0.39, 0.29) is 36.9 Å². The maximum Gasteiger partial charge on any atom is 0.317 e. The lowest BCUT2D eigenvalue weighted by Crippen LogP contribution is -2.40. The number of hydrogen-bond acceptors (Lipinski definition) is 4. The van der Waals surface area contributed by atoms with E-state index in [0.29, 0.717) is 6.54 Å². The van der Waals surface area contributed by atoms with Gasteiger partial charge in [0, 0.05) is 12.6 Å². The summed E-state index contributed by atoms with van der Waals surface area (Å²) in [6.45, 7) is 4.31. The summed E-state index contributed by atoms with van der Waals surface area (Å²) in [7, 11) is 1.87. The van der Waals surface area contributed by atoms with Crippen molar-refractivity contribution in [3.8, 4) is 0 Å². The highest BCUT2D eigenvalue weighted by Gasteiger charge is 2.23. The molecule has 2 atom stereocenters. The molecule has 1 saturated heterocycles. The van der Waals surface area contributed by atoms with Gasteiger partial charge in [0.25, 0.3) is 0 Å². The van der Waals surface area contributed by atoms with Crippen LogP contribution in [0.5, 0.6) is 0 Å². The Balaban J connectivity index is 0.00000392. The van der Waals surface area contributed by atoms with Crippen molar-refractivity contribution in [3.63, 3.8) is 0 Å². The Bertz CT molecular complexity index is 600. The molecule has 0 aliphatic carbocycles. The zero-order chi connectivity index (χ0) is 19.6. The molecule has 0 spiro atoms. The third kappa shape index (κ3) is 8.17. The molecule has 0 saturated carbocycles. The first-order valence-corrected chi connectivity index (χ1v) is 9.98. The molecular formula is C21H34ClN3O3. The summed E-state index contributed by atoms with van der Waals surface area (Å²) >= 11 is 0. The molecular weight excluding hydrogens is 378 g/mol. The summed E-state index contributed by atoms with van der Waals surface area (Å²) in [5.74, 6) is -0.726. The minimum Gasteiger partial charge on any atom is -0.480 e. The van der Waals surface area contributed by atoms with Gasteiger partial charge in [-0.05, 0) is 44.8 Å². The van der Waals surface area contributed by atoms with E-state index >= 15 is 0 Å². The van der Waals surface area contributed by atoms with Crippen LogP contribution in [0.4, 0.5) is 0 Å². The SMILES string of the molecule is CCCC(NC(=O)CN1CCCC(N(C)CC(=O)O)CC1)c1ccccc1.Cl. The van der Waals surface area contributed by atoms with Gasteiger partial charge in [-0.15, -0.1) is 12.4 Å². The minimum absolute atomic E-state index is 0. The largest absolute Gasteiger partial charge is 0.480 e. The Hall–Kier alpha value is -1.63. The number of hydrogen-bond donors (Lipinski definition) is 2. The normalized spacial score (nSPS) is 18.8. The van der Waals surface area contributed by atoms with Crippen LogP contribution in [0.25, 0.3) is 0 Å². The number of carbonyl (C=O) groups is 2. The van der Waals surface area contributed by atoms with Crippen LogP contribution in [0.3, 0.4) is 0 Å². The Morgan fingerprint density at radius 3 is 2.61 bits per heavy atom. The Morgan fingerprint density at radius 1 is 1.25 bits per heavy atom. The van der Waals surface area contributed by atoms with Crippen LogP contribution in [0, 0.1) is 0 Å². The summed E-state index contributed by atoms with van der Waals surface area (Å²) in [5, 5.41) is 12.2. The molecule has 1 aromatic carbocycles. The molecule has 1 amide bonds. The van der Waals surface area contributed by atoms with Crippen molar-refractivity contribution in [3.05, 3.63) is 35.9 Å². The molecule has 1 aromatic rings. The lowest BCUT2D eigenvalue weighted by molar-refractivity contribution is -0.138. The molecule has 2 unspecified atom stereocenters. The molecule has 0 aromatic heterocycles. The number of likely N-dealkylation sites (N-methyl/N-ethyl adjacent to an activating group) is 1. The van der Waals surface area contributed by atoms with Gasteiger partial charge in [-0.2, -0.15) is 0 Å². The van der Waals surface area contributed by atoms with Crippen molar-refractivity contribution in [1.82, 2.24) is 15.1 Å². The first-order valence-electron chi connectivity index (χ1n) is 9.98. The van der Waals surface area contributed by atoms with Gasteiger partial charge in [0.15, 0.2) is 0 Å². The predicted molar refractivity (Wildman–Crippen MR) is 114 cm³/mol. The van der Waals surface area contributed by atoms with Crippen LogP contribution < -0.4 is 5.32 Å². The van der Waals surface area contributed by atoms with E-state index in [9.17, 15) is 9.59 Å². The number of nitrogens with one attached hydrogen (secondary N) is 1. The lowest BCUT2D eigenvalue weighted by atomic mass is 10.0. The van der Waals surface area contributed by atoms with Gasteiger partial charge >= 0.3 is 5.97 Å². The summed E-state index contributed by atoms with van der Waals surface area (Å²) in [5.41, 5.74) is 1.15. The van der Waals surface area contributed by atoms with Crippen molar-refractivity contribution in [2.24, 2.45) is 0 Å². The number of amides is 1. The summed E-state index contributed by atoms with van der Waals surface area (Å²) < 4.78 is 0. The van der Waals surface area contributed by atoms with Crippen molar-refractivity contribution in [2.45, 2.75) is 51.1 Å². The van der Waals surface area contributed by atoms with E-state index in [1.165, 1.54) is 0 Å². The van der Waals surface area contributed by atoms with Crippen LogP contribution in [0.2, 0.25) is 0 Å². The first-order chi connectivity index (χ1) is 13.0. The molecule has 0 bridgehead atoms. The summed E-state index contributed by atoms with van der Waals surface area (Å²) in [6, 6.07) is 10.5. The Labute approximate surface area is 174 Å². The van der Waals surface area contributed by atoms with Gasteiger partial charge in [0.1, 0.15) is 0 Å². The van der Waals surface area contributed by atoms with E-state index in [4.69, 9.17) is 5.11 Å². The average Bonchev–Trinajstić information content (AvgIpc) is 2.87. The highest BCUT2D eigenvalue weighted by atomic mass is 35.5. The van der Waals surface area contributed by atoms with Crippen LogP contribution in [-0.2, 0) is 9.59 Å². The molecule has 1 aliphatic rings. The number of carboxylic acids is 1. The Morgan fingerprint density at radius 2 is 1.96 bits per heavy atom. The minimum atomic E-state index is -0.791. The number of rotatable bonds is 9. The highest BCUT2D eigenvalue weighted by molar-refractivity contribution is 5.85. The molecule has 7 heteroatoms. The molecule has 1 fully saturated rings. The maximum absolute atomic E-state index is 12.6. The van der Waals surface area contributed by atoms with Crippen LogP contribution in [0.1, 0.15) is 50.6 Å². The third-order valence-corrected chi connectivity index (χ3v) is 5.28. The number of likely N-dealkylation sites (tertiary alicyclic amines) is 1. The van der Waals surface area contributed by atoms with E-state index in [0.717, 1.165) is 50.8 Å². The fourth-order valence-electron chi connectivity index (χ4n) is 3.82. The smallest absolute Gasteiger partial charge is 0.317 e. The number of aliphatic carboxylic acids is 1. The topological polar surface area (TPSA) is 72.9 Å². The summed E-state index contributed by atoms with van der Waals surface area (Å²) in [4.78, 5) is 27.6. The number of benzene rings is 1. The van der Waals surface area contributed by atoms with Crippen molar-refractivity contribution in [2.75, 3.05) is 33.2 Å². The molecule has 1 aliphatic heterocycles. The monoisotopic (exact) mass is 411 g/mol. The van der Waals surface area contributed by atoms with Gasteiger partial charge in [-0.1, -0.05) is 43.7 Å². The van der Waals surface area contributed by atoms with Crippen molar-refractivity contribution < 1.29 is 14.7 Å². The first kappa shape index (κ1) is 24.4. The fourth-order valence-corrected chi connectivity index (χ4v) is 3.82. The average molecular weight is 412 g/mol. The Kier molecular flexibility index (Phi) is 11.1. The second kappa shape index (κ2) is 12.8. The maximum atomic E-state index is 12.6. The fraction of sp³-hybridized carbons (Fsp3) is 0.619.